The van der Waals surface area contributed by atoms with Crippen LogP contribution in [0.5, 0.6) is 11.5 Å². The summed E-state index contributed by atoms with van der Waals surface area (Å²) in [4.78, 5) is 1.19. The van der Waals surface area contributed by atoms with Gasteiger partial charge in [0.05, 0.1) is 21.3 Å². The summed E-state index contributed by atoms with van der Waals surface area (Å²) in [5.41, 5.74) is 3.39. The first kappa shape index (κ1) is 13.9. The molecule has 2 aromatic carbocycles. The van der Waals surface area contributed by atoms with E-state index in [1.807, 2.05) is 18.2 Å². The fourth-order valence-corrected chi connectivity index (χ4v) is 4.34. The summed E-state index contributed by atoms with van der Waals surface area (Å²) in [6.45, 7) is 0. The highest BCUT2D eigenvalue weighted by atomic mass is 79.9. The molecule has 4 rings (SSSR count). The molecule has 2 nitrogen and oxygen atoms in total. The number of fused-ring (bicyclic) bond motifs is 3. The maximum absolute atomic E-state index is 6.31. The van der Waals surface area contributed by atoms with Crippen LogP contribution >= 0.6 is 27.3 Å². The lowest BCUT2D eigenvalue weighted by Gasteiger charge is -2.29. The van der Waals surface area contributed by atoms with Gasteiger partial charge in [-0.3, -0.25) is 0 Å². The summed E-state index contributed by atoms with van der Waals surface area (Å²) in [5, 5.41) is 0. The average Bonchev–Trinajstić information content (AvgIpc) is 2.99. The van der Waals surface area contributed by atoms with Crippen molar-refractivity contribution in [2.75, 3.05) is 7.11 Å². The van der Waals surface area contributed by atoms with Crippen molar-refractivity contribution in [3.05, 3.63) is 68.8 Å². The summed E-state index contributed by atoms with van der Waals surface area (Å²) < 4.78 is 13.0. The first-order chi connectivity index (χ1) is 10.8. The fraction of sp³-hybridized carbons (Fsp3) is 0.111. The van der Waals surface area contributed by atoms with E-state index in [4.69, 9.17) is 9.47 Å². The normalized spacial score (nSPS) is 15.6. The number of benzene rings is 2. The van der Waals surface area contributed by atoms with E-state index < -0.39 is 0 Å². The molecule has 3 aromatic rings. The summed E-state index contributed by atoms with van der Waals surface area (Å²) >= 11 is 5.24. The summed E-state index contributed by atoms with van der Waals surface area (Å²) in [6.07, 6.45) is -0.0768. The van der Waals surface area contributed by atoms with Crippen LogP contribution in [0.4, 0.5) is 0 Å². The molecule has 0 amide bonds. The molecule has 2 heterocycles. The first-order valence-corrected chi connectivity index (χ1v) is 8.57. The van der Waals surface area contributed by atoms with E-state index in [1.165, 1.54) is 16.0 Å². The van der Waals surface area contributed by atoms with Gasteiger partial charge in [-0.25, -0.2) is 0 Å². The summed E-state index contributed by atoms with van der Waals surface area (Å²) in [7, 11) is 1.70. The minimum atomic E-state index is -0.0768. The van der Waals surface area contributed by atoms with E-state index in [0.717, 1.165) is 20.8 Å². The van der Waals surface area contributed by atoms with Crippen molar-refractivity contribution in [1.29, 1.82) is 0 Å². The van der Waals surface area contributed by atoms with Gasteiger partial charge in [-0.15, -0.1) is 11.3 Å². The third kappa shape index (κ3) is 2.14. The van der Waals surface area contributed by atoms with Gasteiger partial charge in [0.25, 0.3) is 0 Å². The molecule has 0 N–H and O–H groups in total. The lowest BCUT2D eigenvalue weighted by Crippen LogP contribution is -2.14. The van der Waals surface area contributed by atoms with Crippen molar-refractivity contribution in [2.45, 2.75) is 6.10 Å². The molecular formula is C18H13BrO2S. The minimum absolute atomic E-state index is 0.0768. The van der Waals surface area contributed by atoms with Gasteiger partial charge in [0.15, 0.2) is 6.10 Å². The lowest BCUT2D eigenvalue weighted by molar-refractivity contribution is 0.246. The standard InChI is InChI=1S/C18H13BrO2S/c1-20-13-7-4-8-14-17(13)11-5-2-3-6-12(11)18(21-14)15-9-10-16(19)22-15/h2-10,18H,1H3. The lowest BCUT2D eigenvalue weighted by atomic mass is 9.91. The second-order valence-electron chi connectivity index (χ2n) is 5.06. The van der Waals surface area contributed by atoms with Gasteiger partial charge in [-0.05, 0) is 45.8 Å². The molecule has 0 spiro atoms. The maximum Gasteiger partial charge on any atom is 0.159 e. The Morgan fingerprint density at radius 1 is 1.05 bits per heavy atom. The second-order valence-corrected chi connectivity index (χ2v) is 7.56. The molecule has 110 valence electrons. The third-order valence-corrected chi connectivity index (χ3v) is 5.48. The van der Waals surface area contributed by atoms with E-state index in [1.54, 1.807) is 18.4 Å². The molecule has 0 bridgehead atoms. The van der Waals surface area contributed by atoms with Crippen molar-refractivity contribution in [1.82, 2.24) is 0 Å². The number of hydrogen-bond acceptors (Lipinski definition) is 3. The number of ether oxygens (including phenoxy) is 2. The zero-order valence-electron chi connectivity index (χ0n) is 11.9. The van der Waals surface area contributed by atoms with E-state index in [2.05, 4.69) is 52.3 Å². The van der Waals surface area contributed by atoms with Crippen molar-refractivity contribution in [2.24, 2.45) is 0 Å². The van der Waals surface area contributed by atoms with Crippen LogP contribution in [0.3, 0.4) is 0 Å². The molecule has 0 saturated carbocycles. The largest absolute Gasteiger partial charge is 0.496 e. The topological polar surface area (TPSA) is 18.5 Å². The van der Waals surface area contributed by atoms with E-state index in [0.29, 0.717) is 0 Å². The van der Waals surface area contributed by atoms with Crippen LogP contribution in [0.1, 0.15) is 16.5 Å². The Bertz CT molecular complexity index is 841. The molecule has 1 aliphatic rings. The van der Waals surface area contributed by atoms with Crippen molar-refractivity contribution in [3.8, 4) is 22.6 Å². The molecule has 1 unspecified atom stereocenters. The Labute approximate surface area is 141 Å². The van der Waals surface area contributed by atoms with Gasteiger partial charge in [0, 0.05) is 5.56 Å². The van der Waals surface area contributed by atoms with Crippen LogP contribution in [0.2, 0.25) is 0 Å². The van der Waals surface area contributed by atoms with E-state index >= 15 is 0 Å². The molecule has 4 heteroatoms. The predicted molar refractivity (Wildman–Crippen MR) is 92.9 cm³/mol. The fourth-order valence-electron chi connectivity index (χ4n) is 2.87. The van der Waals surface area contributed by atoms with Gasteiger partial charge >= 0.3 is 0 Å². The SMILES string of the molecule is COc1cccc2c1-c1ccccc1C(c1ccc(Br)s1)O2. The molecule has 1 aliphatic heterocycles. The molecule has 1 atom stereocenters. The summed E-state index contributed by atoms with van der Waals surface area (Å²) in [6, 6.07) is 18.5. The Hall–Kier alpha value is -1.78. The van der Waals surface area contributed by atoms with Crippen molar-refractivity contribution < 1.29 is 9.47 Å². The zero-order valence-corrected chi connectivity index (χ0v) is 14.3. The Balaban J connectivity index is 1.94. The zero-order chi connectivity index (χ0) is 15.1. The molecule has 1 aromatic heterocycles. The number of halogens is 1. The average molecular weight is 373 g/mol. The van der Waals surface area contributed by atoms with Crippen molar-refractivity contribution >= 4 is 27.3 Å². The smallest absolute Gasteiger partial charge is 0.159 e. The highest BCUT2D eigenvalue weighted by Crippen LogP contribution is 2.49. The van der Waals surface area contributed by atoms with Gasteiger partial charge in [-0.1, -0.05) is 30.3 Å². The van der Waals surface area contributed by atoms with Gasteiger partial charge in [0.1, 0.15) is 11.5 Å². The number of rotatable bonds is 2. The molecule has 0 aliphatic carbocycles. The first-order valence-electron chi connectivity index (χ1n) is 6.96. The van der Waals surface area contributed by atoms with E-state index in [9.17, 15) is 0 Å². The van der Waals surface area contributed by atoms with Crippen LogP contribution in [-0.4, -0.2) is 7.11 Å². The molecule has 22 heavy (non-hydrogen) atoms. The van der Waals surface area contributed by atoms with E-state index in [-0.39, 0.29) is 6.10 Å². The van der Waals surface area contributed by atoms with Gasteiger partial charge < -0.3 is 9.47 Å². The molecule has 0 radical (unpaired) electrons. The third-order valence-electron chi connectivity index (χ3n) is 3.82. The summed E-state index contributed by atoms with van der Waals surface area (Å²) in [5.74, 6) is 1.71. The monoisotopic (exact) mass is 372 g/mol. The van der Waals surface area contributed by atoms with Crippen LogP contribution in [0, 0.1) is 0 Å². The number of thiophene rings is 1. The molecule has 0 fully saturated rings. The Morgan fingerprint density at radius 2 is 1.91 bits per heavy atom. The van der Waals surface area contributed by atoms with Crippen LogP contribution in [0.15, 0.2) is 58.4 Å². The predicted octanol–water partition coefficient (Wildman–Crippen LogP) is 5.67. The number of methoxy groups -OCH3 is 1. The highest BCUT2D eigenvalue weighted by molar-refractivity contribution is 9.11. The Kier molecular flexibility index (Phi) is 3.43. The van der Waals surface area contributed by atoms with Crippen molar-refractivity contribution in [3.63, 3.8) is 0 Å². The van der Waals surface area contributed by atoms with Gasteiger partial charge in [0.2, 0.25) is 0 Å². The van der Waals surface area contributed by atoms with Gasteiger partial charge in [-0.2, -0.15) is 0 Å². The molecule has 0 saturated heterocycles. The quantitative estimate of drug-likeness (QED) is 0.576. The molecular weight excluding hydrogens is 360 g/mol. The van der Waals surface area contributed by atoms with Crippen LogP contribution < -0.4 is 9.47 Å². The highest BCUT2D eigenvalue weighted by Gasteiger charge is 2.29. The second kappa shape index (κ2) is 5.45. The van der Waals surface area contributed by atoms with Crippen LogP contribution in [0.25, 0.3) is 11.1 Å². The van der Waals surface area contributed by atoms with Crippen LogP contribution in [-0.2, 0) is 0 Å². The minimum Gasteiger partial charge on any atom is -0.496 e. The number of hydrogen-bond donors (Lipinski definition) is 0. The maximum atomic E-state index is 6.31. The Morgan fingerprint density at radius 3 is 2.68 bits per heavy atom.